The zero-order chi connectivity index (χ0) is 18.7. The van der Waals surface area contributed by atoms with Gasteiger partial charge in [0.05, 0.1) is 18.7 Å². The smallest absolute Gasteiger partial charge is 0.125 e. The van der Waals surface area contributed by atoms with Gasteiger partial charge in [-0.2, -0.15) is 0 Å². The highest BCUT2D eigenvalue weighted by atomic mass is 35.5. The molecule has 1 aliphatic heterocycles. The summed E-state index contributed by atoms with van der Waals surface area (Å²) in [6.45, 7) is 3.49. The van der Waals surface area contributed by atoms with Crippen molar-refractivity contribution in [2.24, 2.45) is 17.8 Å². The Kier molecular flexibility index (Phi) is 5.07. The van der Waals surface area contributed by atoms with E-state index in [0.29, 0.717) is 11.2 Å². The van der Waals surface area contributed by atoms with Gasteiger partial charge in [0.1, 0.15) is 12.3 Å². The Labute approximate surface area is 181 Å². The SMILES string of the molecule is Oc1ccc2ccc(C34CC5CC(CC(C5)C3)C4)cc2c1C[NH+]1CCCCC1.[Cl-]. The van der Waals surface area contributed by atoms with Gasteiger partial charge in [0.15, 0.2) is 0 Å². The van der Waals surface area contributed by atoms with Crippen LogP contribution in [0.25, 0.3) is 10.8 Å². The lowest BCUT2D eigenvalue weighted by Gasteiger charge is -2.57. The normalized spacial score (nSPS) is 33.7. The van der Waals surface area contributed by atoms with Crippen LogP contribution in [-0.4, -0.2) is 18.2 Å². The van der Waals surface area contributed by atoms with Crippen molar-refractivity contribution in [3.63, 3.8) is 0 Å². The maximum Gasteiger partial charge on any atom is 0.125 e. The first-order valence-corrected chi connectivity index (χ1v) is 11.8. The number of fused-ring (bicyclic) bond motifs is 1. The van der Waals surface area contributed by atoms with Crippen molar-refractivity contribution in [1.29, 1.82) is 0 Å². The first-order chi connectivity index (χ1) is 13.7. The van der Waals surface area contributed by atoms with E-state index in [4.69, 9.17) is 0 Å². The fourth-order valence-electron chi connectivity index (χ4n) is 7.83. The number of aromatic hydroxyl groups is 1. The predicted molar refractivity (Wildman–Crippen MR) is 114 cm³/mol. The van der Waals surface area contributed by atoms with Crippen molar-refractivity contribution in [1.82, 2.24) is 0 Å². The maximum atomic E-state index is 10.8. The van der Waals surface area contributed by atoms with Gasteiger partial charge < -0.3 is 22.4 Å². The van der Waals surface area contributed by atoms with Crippen molar-refractivity contribution in [3.05, 3.63) is 41.5 Å². The van der Waals surface area contributed by atoms with Crippen molar-refractivity contribution in [2.45, 2.75) is 69.7 Å². The van der Waals surface area contributed by atoms with Crippen LogP contribution >= 0.6 is 0 Å². The van der Waals surface area contributed by atoms with Crippen molar-refractivity contribution in [2.75, 3.05) is 13.1 Å². The fourth-order valence-corrected chi connectivity index (χ4v) is 7.83. The molecule has 2 nitrogen and oxygen atoms in total. The minimum absolute atomic E-state index is 0. The number of quaternary nitrogens is 1. The Morgan fingerprint density at radius 3 is 2.14 bits per heavy atom. The molecule has 0 aromatic heterocycles. The first-order valence-electron chi connectivity index (χ1n) is 11.8. The van der Waals surface area contributed by atoms with E-state index in [1.807, 2.05) is 6.07 Å². The molecule has 4 aliphatic carbocycles. The number of nitrogens with one attached hydrogen (secondary N) is 1. The largest absolute Gasteiger partial charge is 1.00 e. The van der Waals surface area contributed by atoms with E-state index in [1.54, 1.807) is 10.5 Å². The fraction of sp³-hybridized carbons (Fsp3) is 0.615. The maximum absolute atomic E-state index is 10.8. The molecule has 5 fully saturated rings. The summed E-state index contributed by atoms with van der Waals surface area (Å²) >= 11 is 0. The third kappa shape index (κ3) is 3.37. The summed E-state index contributed by atoms with van der Waals surface area (Å²) in [6, 6.07) is 11.3. The summed E-state index contributed by atoms with van der Waals surface area (Å²) in [6.07, 6.45) is 12.8. The molecule has 0 radical (unpaired) electrons. The van der Waals surface area contributed by atoms with Crippen LogP contribution in [0.5, 0.6) is 5.75 Å². The monoisotopic (exact) mass is 411 g/mol. The summed E-state index contributed by atoms with van der Waals surface area (Å²) in [5, 5.41) is 13.4. The second-order valence-corrected chi connectivity index (χ2v) is 10.7. The molecule has 2 N–H and O–H groups in total. The van der Waals surface area contributed by atoms with Gasteiger partial charge in [-0.05, 0) is 109 Å². The molecule has 0 spiro atoms. The van der Waals surface area contributed by atoms with E-state index in [1.165, 1.54) is 87.2 Å². The molecule has 2 aromatic rings. The number of benzene rings is 2. The predicted octanol–water partition coefficient (Wildman–Crippen LogP) is 1.59. The van der Waals surface area contributed by atoms with Gasteiger partial charge >= 0.3 is 0 Å². The molecule has 4 bridgehead atoms. The highest BCUT2D eigenvalue weighted by Crippen LogP contribution is 2.60. The van der Waals surface area contributed by atoms with Crippen molar-refractivity contribution >= 4 is 10.8 Å². The van der Waals surface area contributed by atoms with Crippen molar-refractivity contribution < 1.29 is 22.4 Å². The van der Waals surface area contributed by atoms with Gasteiger partial charge in [-0.1, -0.05) is 18.2 Å². The number of rotatable bonds is 3. The third-order valence-electron chi connectivity index (χ3n) is 8.75. The summed E-state index contributed by atoms with van der Waals surface area (Å²) < 4.78 is 0. The zero-order valence-corrected chi connectivity index (χ0v) is 18.2. The Morgan fingerprint density at radius 1 is 0.862 bits per heavy atom. The number of hydrogen-bond donors (Lipinski definition) is 2. The minimum Gasteiger partial charge on any atom is -1.00 e. The number of phenolic OH excluding ortho intramolecular Hbond substituents is 1. The van der Waals surface area contributed by atoms with Crippen LogP contribution in [0.2, 0.25) is 0 Å². The standard InChI is InChI=1S/C26H33NO.ClH/c28-25-7-5-21-4-6-22(13-23(21)24(25)17-27-8-2-1-3-9-27)26-14-18-10-19(15-26)12-20(11-18)16-26;/h4-7,13,18-20,28H,1-3,8-12,14-17H2;1H. The molecule has 7 rings (SSSR count). The van der Waals surface area contributed by atoms with E-state index in [9.17, 15) is 5.11 Å². The van der Waals surface area contributed by atoms with Gasteiger partial charge in [0.2, 0.25) is 0 Å². The first kappa shape index (κ1) is 19.7. The van der Waals surface area contributed by atoms with Crippen molar-refractivity contribution in [3.8, 4) is 5.75 Å². The van der Waals surface area contributed by atoms with E-state index in [2.05, 4.69) is 24.3 Å². The van der Waals surface area contributed by atoms with Crippen LogP contribution in [0.1, 0.15) is 68.9 Å². The van der Waals surface area contributed by atoms with Crippen LogP contribution in [0.15, 0.2) is 30.3 Å². The van der Waals surface area contributed by atoms with E-state index >= 15 is 0 Å². The molecule has 0 atom stereocenters. The summed E-state index contributed by atoms with van der Waals surface area (Å²) in [7, 11) is 0. The molecular weight excluding hydrogens is 378 g/mol. The van der Waals surface area contributed by atoms with Gasteiger partial charge in [-0.3, -0.25) is 0 Å². The molecule has 29 heavy (non-hydrogen) atoms. The third-order valence-corrected chi connectivity index (χ3v) is 8.75. The van der Waals surface area contributed by atoms with E-state index < -0.39 is 0 Å². The molecule has 3 heteroatoms. The van der Waals surface area contributed by atoms with Gasteiger partial charge in [0, 0.05) is 0 Å². The molecule has 1 heterocycles. The lowest BCUT2D eigenvalue weighted by molar-refractivity contribution is -0.918. The Morgan fingerprint density at radius 2 is 1.48 bits per heavy atom. The number of halogens is 1. The highest BCUT2D eigenvalue weighted by molar-refractivity contribution is 5.88. The molecular formula is C26H34ClNO. The van der Waals surface area contributed by atoms with Gasteiger partial charge in [-0.25, -0.2) is 0 Å². The Bertz CT molecular complexity index is 866. The number of phenols is 1. The van der Waals surface area contributed by atoms with Crippen LogP contribution < -0.4 is 17.3 Å². The van der Waals surface area contributed by atoms with Crippen LogP contribution in [0.4, 0.5) is 0 Å². The second kappa shape index (κ2) is 7.46. The van der Waals surface area contributed by atoms with E-state index in [0.717, 1.165) is 24.3 Å². The van der Waals surface area contributed by atoms with Gasteiger partial charge in [0.25, 0.3) is 0 Å². The minimum atomic E-state index is 0. The van der Waals surface area contributed by atoms with E-state index in [-0.39, 0.29) is 12.4 Å². The summed E-state index contributed by atoms with van der Waals surface area (Å²) in [4.78, 5) is 1.65. The molecule has 5 aliphatic rings. The quantitative estimate of drug-likeness (QED) is 0.787. The highest BCUT2D eigenvalue weighted by Gasteiger charge is 2.51. The molecule has 4 saturated carbocycles. The average molecular weight is 412 g/mol. The number of hydrogen-bond acceptors (Lipinski definition) is 1. The average Bonchev–Trinajstić information content (AvgIpc) is 2.70. The summed E-state index contributed by atoms with van der Waals surface area (Å²) in [5.41, 5.74) is 3.21. The van der Waals surface area contributed by atoms with Gasteiger partial charge in [-0.15, -0.1) is 0 Å². The van der Waals surface area contributed by atoms with Crippen LogP contribution in [-0.2, 0) is 12.0 Å². The Balaban J connectivity index is 0.00000181. The molecule has 156 valence electrons. The molecule has 0 amide bonds. The zero-order valence-electron chi connectivity index (χ0n) is 17.4. The number of likely N-dealkylation sites (tertiary alicyclic amines) is 1. The lowest BCUT2D eigenvalue weighted by Crippen LogP contribution is -3.11. The van der Waals surface area contributed by atoms with Crippen LogP contribution in [0, 0.1) is 17.8 Å². The molecule has 0 unspecified atom stereocenters. The topological polar surface area (TPSA) is 24.7 Å². The number of piperidine rings is 1. The van der Waals surface area contributed by atoms with Crippen LogP contribution in [0.3, 0.4) is 0 Å². The Hall–Kier alpha value is -1.25. The molecule has 2 aromatic carbocycles. The summed E-state index contributed by atoms with van der Waals surface area (Å²) in [5.74, 6) is 3.43. The molecule has 1 saturated heterocycles. The second-order valence-electron chi connectivity index (χ2n) is 10.7. The lowest BCUT2D eigenvalue weighted by atomic mass is 9.48.